The Morgan fingerprint density at radius 2 is 1.74 bits per heavy atom. The molecule has 3 atom stereocenters. The van der Waals surface area contributed by atoms with Gasteiger partial charge in [-0.25, -0.2) is 0 Å². The largest absolute Gasteiger partial charge is 0.418 e. The molecule has 146 valence electrons. The van der Waals surface area contributed by atoms with Gasteiger partial charge in [0.15, 0.2) is 0 Å². The van der Waals surface area contributed by atoms with Crippen LogP contribution in [0.1, 0.15) is 62.5 Å². The van der Waals surface area contributed by atoms with Crippen LogP contribution >= 0.6 is 0 Å². The van der Waals surface area contributed by atoms with Gasteiger partial charge in [-0.1, -0.05) is 39.3 Å². The van der Waals surface area contributed by atoms with Gasteiger partial charge in [0.2, 0.25) is 0 Å². The summed E-state index contributed by atoms with van der Waals surface area (Å²) < 4.78 is 42.6. The highest BCUT2D eigenvalue weighted by atomic mass is 19.4. The Kier molecular flexibility index (Phi) is 3.90. The van der Waals surface area contributed by atoms with E-state index < -0.39 is 11.7 Å². The third-order valence-electron chi connectivity index (χ3n) is 7.51. The van der Waals surface area contributed by atoms with Gasteiger partial charge in [-0.05, 0) is 67.7 Å². The van der Waals surface area contributed by atoms with E-state index in [1.54, 1.807) is 12.1 Å². The van der Waals surface area contributed by atoms with Gasteiger partial charge in [0.1, 0.15) is 0 Å². The number of fused-ring (bicyclic) bond motifs is 1. The predicted molar refractivity (Wildman–Crippen MR) is 102 cm³/mol. The van der Waals surface area contributed by atoms with Gasteiger partial charge in [0.05, 0.1) is 11.3 Å². The molecule has 0 saturated heterocycles. The fourth-order valence-corrected chi connectivity index (χ4v) is 6.22. The molecule has 0 amide bonds. The van der Waals surface area contributed by atoms with E-state index in [9.17, 15) is 13.2 Å². The molecule has 1 aromatic carbocycles. The second kappa shape index (κ2) is 5.65. The molecule has 1 aromatic heterocycles. The summed E-state index contributed by atoms with van der Waals surface area (Å²) in [7, 11) is 0. The van der Waals surface area contributed by atoms with Gasteiger partial charge in [-0.15, -0.1) is 0 Å². The molecule has 2 fully saturated rings. The summed E-state index contributed by atoms with van der Waals surface area (Å²) in [6.45, 7) is 10.9. The molecule has 0 radical (unpaired) electrons. The Bertz CT molecular complexity index is 890. The molecule has 0 bridgehead atoms. The zero-order chi connectivity index (χ0) is 19.8. The lowest BCUT2D eigenvalue weighted by molar-refractivity contribution is -0.137. The van der Waals surface area contributed by atoms with E-state index in [0.717, 1.165) is 17.8 Å². The van der Waals surface area contributed by atoms with Crippen LogP contribution in [-0.4, -0.2) is 4.57 Å². The van der Waals surface area contributed by atoms with Crippen LogP contribution in [0.15, 0.2) is 30.3 Å². The van der Waals surface area contributed by atoms with Gasteiger partial charge >= 0.3 is 6.18 Å². The Morgan fingerprint density at radius 3 is 2.41 bits per heavy atom. The van der Waals surface area contributed by atoms with Gasteiger partial charge in [-0.3, -0.25) is 0 Å². The lowest BCUT2D eigenvalue weighted by atomic mass is 9.76. The zero-order valence-corrected chi connectivity index (χ0v) is 16.7. The topological polar surface area (TPSA) is 4.93 Å². The summed E-state index contributed by atoms with van der Waals surface area (Å²) in [5.74, 6) is 1.29. The van der Waals surface area contributed by atoms with Crippen LogP contribution in [0, 0.1) is 31.1 Å². The number of aryl methyl sites for hydroxylation is 1. The highest BCUT2D eigenvalue weighted by Crippen LogP contribution is 2.76. The second-order valence-corrected chi connectivity index (χ2v) is 9.27. The summed E-state index contributed by atoms with van der Waals surface area (Å²) in [5.41, 5.74) is 3.10. The van der Waals surface area contributed by atoms with Crippen molar-refractivity contribution in [2.24, 2.45) is 17.3 Å². The molecule has 3 unspecified atom stereocenters. The monoisotopic (exact) mass is 375 g/mol. The number of hydrogen-bond acceptors (Lipinski definition) is 0. The molecule has 2 saturated carbocycles. The standard InChI is InChI=1S/C23H28F3N/c1-14-10-11-20-21(4,5)22(20,13-14)18-12-15(2)27(16(18)3)19-9-7-6-8-17(19)23(24,25)26/h6-9,12,14,20H,10-11,13H2,1-5H3. The maximum Gasteiger partial charge on any atom is 0.418 e. The first-order chi connectivity index (χ1) is 12.5. The van der Waals surface area contributed by atoms with Gasteiger partial charge in [0.25, 0.3) is 0 Å². The van der Waals surface area contributed by atoms with Crippen LogP contribution in [0.3, 0.4) is 0 Å². The van der Waals surface area contributed by atoms with Crippen LogP contribution in [0.2, 0.25) is 0 Å². The van der Waals surface area contributed by atoms with Gasteiger partial charge in [-0.2, -0.15) is 13.2 Å². The number of para-hydroxylation sites is 1. The Balaban J connectivity index is 1.89. The normalized spacial score (nSPS) is 29.5. The van der Waals surface area contributed by atoms with Gasteiger partial charge < -0.3 is 4.57 Å². The third kappa shape index (κ3) is 2.44. The average molecular weight is 375 g/mol. The van der Waals surface area contributed by atoms with E-state index >= 15 is 0 Å². The molecular formula is C23H28F3N. The zero-order valence-electron chi connectivity index (χ0n) is 16.7. The molecule has 2 aliphatic rings. The minimum Gasteiger partial charge on any atom is -0.318 e. The van der Waals surface area contributed by atoms with Gasteiger partial charge in [0, 0.05) is 16.8 Å². The van der Waals surface area contributed by atoms with Crippen molar-refractivity contribution in [1.82, 2.24) is 4.57 Å². The molecule has 4 heteroatoms. The number of alkyl halides is 3. The number of hydrogen-bond donors (Lipinski definition) is 0. The predicted octanol–water partition coefficient (Wildman–Crippen LogP) is 6.83. The summed E-state index contributed by atoms with van der Waals surface area (Å²) in [6.07, 6.45) is -0.753. The first-order valence-corrected chi connectivity index (χ1v) is 9.88. The van der Waals surface area contributed by atoms with E-state index in [1.165, 1.54) is 30.5 Å². The van der Waals surface area contributed by atoms with Crippen LogP contribution < -0.4 is 0 Å². The number of benzene rings is 1. The molecule has 0 N–H and O–H groups in total. The number of rotatable bonds is 2. The van der Waals surface area contributed by atoms with Crippen molar-refractivity contribution in [1.29, 1.82) is 0 Å². The van der Waals surface area contributed by atoms with Crippen molar-refractivity contribution in [3.05, 3.63) is 52.8 Å². The first-order valence-electron chi connectivity index (χ1n) is 9.88. The van der Waals surface area contributed by atoms with Crippen LogP contribution in [-0.2, 0) is 11.6 Å². The molecule has 0 spiro atoms. The van der Waals surface area contributed by atoms with Crippen molar-refractivity contribution >= 4 is 0 Å². The Hall–Kier alpha value is -1.71. The smallest absolute Gasteiger partial charge is 0.318 e. The molecule has 2 aliphatic carbocycles. The summed E-state index contributed by atoms with van der Waals surface area (Å²) in [4.78, 5) is 0. The second-order valence-electron chi connectivity index (χ2n) is 9.27. The lowest BCUT2D eigenvalue weighted by Crippen LogP contribution is -2.23. The maximum absolute atomic E-state index is 13.6. The number of halogens is 3. The Labute approximate surface area is 159 Å². The maximum atomic E-state index is 13.6. The van der Waals surface area contributed by atoms with E-state index in [-0.39, 0.29) is 16.5 Å². The fraction of sp³-hybridized carbons (Fsp3) is 0.565. The molecule has 1 heterocycles. The molecule has 27 heavy (non-hydrogen) atoms. The van der Waals surface area contributed by atoms with E-state index in [0.29, 0.717) is 11.8 Å². The van der Waals surface area contributed by atoms with E-state index in [4.69, 9.17) is 0 Å². The van der Waals surface area contributed by atoms with Crippen molar-refractivity contribution in [2.75, 3.05) is 0 Å². The highest BCUT2D eigenvalue weighted by molar-refractivity contribution is 5.52. The third-order valence-corrected chi connectivity index (χ3v) is 7.51. The van der Waals surface area contributed by atoms with Crippen molar-refractivity contribution in [3.63, 3.8) is 0 Å². The highest BCUT2D eigenvalue weighted by Gasteiger charge is 2.72. The lowest BCUT2D eigenvalue weighted by Gasteiger charge is -2.29. The number of aromatic nitrogens is 1. The Morgan fingerprint density at radius 1 is 1.07 bits per heavy atom. The minimum absolute atomic E-state index is 0.109. The quantitative estimate of drug-likeness (QED) is 0.542. The molecule has 0 aliphatic heterocycles. The molecular weight excluding hydrogens is 347 g/mol. The molecule has 2 aromatic rings. The summed E-state index contributed by atoms with van der Waals surface area (Å²) in [6, 6.07) is 8.07. The van der Waals surface area contributed by atoms with Crippen molar-refractivity contribution in [3.8, 4) is 5.69 Å². The van der Waals surface area contributed by atoms with Crippen molar-refractivity contribution in [2.45, 2.75) is 65.5 Å². The molecule has 4 rings (SSSR count). The fourth-order valence-electron chi connectivity index (χ4n) is 6.22. The number of nitrogens with zero attached hydrogens (tertiary/aromatic N) is 1. The van der Waals surface area contributed by atoms with E-state index in [1.807, 2.05) is 18.4 Å². The SMILES string of the molecule is Cc1cc(C23CC(C)CCC2C3(C)C)c(C)n1-c1ccccc1C(F)(F)F. The molecule has 1 nitrogen and oxygen atoms in total. The van der Waals surface area contributed by atoms with Crippen molar-refractivity contribution < 1.29 is 13.2 Å². The van der Waals surface area contributed by atoms with Crippen LogP contribution in [0.25, 0.3) is 5.69 Å². The first kappa shape index (κ1) is 18.6. The average Bonchev–Trinajstić information content (AvgIpc) is 2.90. The minimum atomic E-state index is -4.36. The summed E-state index contributed by atoms with van der Waals surface area (Å²) in [5, 5.41) is 0. The van der Waals surface area contributed by atoms with Crippen LogP contribution in [0.4, 0.5) is 13.2 Å². The van der Waals surface area contributed by atoms with Crippen LogP contribution in [0.5, 0.6) is 0 Å². The van der Waals surface area contributed by atoms with E-state index in [2.05, 4.69) is 26.8 Å². The summed E-state index contributed by atoms with van der Waals surface area (Å²) >= 11 is 0.